The first kappa shape index (κ1) is 19.8. The van der Waals surface area contributed by atoms with Gasteiger partial charge in [0.15, 0.2) is 0 Å². The second-order valence-corrected chi connectivity index (χ2v) is 8.87. The summed E-state index contributed by atoms with van der Waals surface area (Å²) in [5, 5.41) is 11.1. The quantitative estimate of drug-likeness (QED) is 0.577. The minimum Gasteiger partial charge on any atom is -0.432 e. The van der Waals surface area contributed by atoms with Crippen LogP contribution in [-0.4, -0.2) is 10.5 Å². The van der Waals surface area contributed by atoms with Crippen LogP contribution in [0.5, 0.6) is 0 Å². The van der Waals surface area contributed by atoms with Crippen molar-refractivity contribution in [1.82, 2.24) is 9.88 Å². The zero-order valence-electron chi connectivity index (χ0n) is 17.5. The lowest BCUT2D eigenvalue weighted by Gasteiger charge is -2.20. The molecule has 2 aliphatic carbocycles. The predicted octanol–water partition coefficient (Wildman–Crippen LogP) is 4.81. The van der Waals surface area contributed by atoms with Gasteiger partial charge < -0.3 is 9.73 Å². The number of carbonyl (C=O) groups is 1. The van der Waals surface area contributed by atoms with E-state index in [1.165, 1.54) is 17.9 Å². The molecule has 0 saturated heterocycles. The molecule has 31 heavy (non-hydrogen) atoms. The first-order chi connectivity index (χ1) is 15.0. The molecule has 2 fully saturated rings. The molecule has 1 aromatic heterocycles. The first-order valence-corrected chi connectivity index (χ1v) is 10.9. The summed E-state index contributed by atoms with van der Waals surface area (Å²) in [6.07, 6.45) is 7.65. The van der Waals surface area contributed by atoms with Crippen LogP contribution in [0.2, 0.25) is 0 Å². The highest BCUT2D eigenvalue weighted by atomic mass is 19.1. The molecule has 0 bridgehead atoms. The Bertz CT molecular complexity index is 1190. The maximum Gasteiger partial charge on any atom is 0.293 e. The number of rotatable bonds is 7. The van der Waals surface area contributed by atoms with E-state index in [-0.39, 0.29) is 23.5 Å². The largest absolute Gasteiger partial charge is 0.432 e. The Morgan fingerprint density at radius 1 is 1.23 bits per heavy atom. The summed E-state index contributed by atoms with van der Waals surface area (Å²) in [5.74, 6) is 0.574. The molecule has 0 radical (unpaired) electrons. The highest BCUT2D eigenvalue weighted by Crippen LogP contribution is 2.42. The zero-order chi connectivity index (χ0) is 21.5. The van der Waals surface area contributed by atoms with Crippen LogP contribution in [0.25, 0.3) is 0 Å². The number of nitrogens with one attached hydrogen (secondary N) is 2. The first-order valence-electron chi connectivity index (χ1n) is 10.9. The van der Waals surface area contributed by atoms with E-state index in [1.54, 1.807) is 23.8 Å². The standard InChI is InChI=1S/C25H26FN3O2/c1-15-10-19(6-7-22(15)26)23(18-4-5-18)28-24(30)21-12-16(11-20(13-21)17-2-3-17)14-29-8-9-31-25(29)27/h6-13,17-18,23,27H,2-5,14H2,1H3,(H,28,30). The van der Waals surface area contributed by atoms with Crippen LogP contribution in [-0.2, 0) is 6.54 Å². The van der Waals surface area contributed by atoms with Gasteiger partial charge in [-0.05, 0) is 84.9 Å². The van der Waals surface area contributed by atoms with Gasteiger partial charge >= 0.3 is 0 Å². The van der Waals surface area contributed by atoms with Crippen LogP contribution in [0.1, 0.15) is 70.3 Å². The van der Waals surface area contributed by atoms with Gasteiger partial charge in [-0.2, -0.15) is 0 Å². The second kappa shape index (κ2) is 7.84. The number of aryl methyl sites for hydroxylation is 1. The maximum atomic E-state index is 13.8. The fourth-order valence-corrected chi connectivity index (χ4v) is 4.21. The molecular formula is C25H26FN3O2. The number of oxazole rings is 1. The van der Waals surface area contributed by atoms with E-state index in [9.17, 15) is 9.18 Å². The molecule has 0 aliphatic heterocycles. The van der Waals surface area contributed by atoms with Crippen molar-refractivity contribution in [2.75, 3.05) is 0 Å². The summed E-state index contributed by atoms with van der Waals surface area (Å²) in [6.45, 7) is 2.24. The molecule has 1 heterocycles. The number of carbonyl (C=O) groups excluding carboxylic acids is 1. The molecule has 160 valence electrons. The minimum atomic E-state index is -0.225. The van der Waals surface area contributed by atoms with E-state index in [1.807, 2.05) is 18.2 Å². The Morgan fingerprint density at radius 2 is 2.03 bits per heavy atom. The topological polar surface area (TPSA) is 71.0 Å². The van der Waals surface area contributed by atoms with Gasteiger partial charge in [0.05, 0.1) is 12.6 Å². The average Bonchev–Trinajstić information content (AvgIpc) is 3.67. The van der Waals surface area contributed by atoms with Crippen LogP contribution < -0.4 is 11.0 Å². The van der Waals surface area contributed by atoms with Crippen molar-refractivity contribution >= 4 is 5.91 Å². The third-order valence-corrected chi connectivity index (χ3v) is 6.28. The average molecular weight is 420 g/mol. The molecule has 2 aromatic carbocycles. The smallest absolute Gasteiger partial charge is 0.293 e. The lowest BCUT2D eigenvalue weighted by molar-refractivity contribution is 0.0931. The molecule has 0 spiro atoms. The summed E-state index contributed by atoms with van der Waals surface area (Å²) >= 11 is 0. The van der Waals surface area contributed by atoms with Gasteiger partial charge in [-0.25, -0.2) is 4.39 Å². The van der Waals surface area contributed by atoms with Crippen molar-refractivity contribution in [1.29, 1.82) is 5.41 Å². The van der Waals surface area contributed by atoms with Crippen LogP contribution in [0.15, 0.2) is 53.3 Å². The fraction of sp³-hybridized carbons (Fsp3) is 0.360. The molecule has 6 heteroatoms. The summed E-state index contributed by atoms with van der Waals surface area (Å²) in [5.41, 5.74) is 4.44. The molecule has 1 amide bonds. The van der Waals surface area contributed by atoms with Gasteiger partial charge in [0.2, 0.25) is 0 Å². The summed E-state index contributed by atoms with van der Waals surface area (Å²) in [7, 11) is 0. The van der Waals surface area contributed by atoms with Crippen molar-refractivity contribution in [2.24, 2.45) is 5.92 Å². The van der Waals surface area contributed by atoms with Crippen molar-refractivity contribution < 1.29 is 13.6 Å². The Kier molecular flexibility index (Phi) is 5.00. The predicted molar refractivity (Wildman–Crippen MR) is 114 cm³/mol. The molecule has 2 N–H and O–H groups in total. The highest BCUT2D eigenvalue weighted by Gasteiger charge is 2.34. The molecule has 1 atom stereocenters. The lowest BCUT2D eigenvalue weighted by Crippen LogP contribution is -2.30. The molecule has 5 nitrogen and oxygen atoms in total. The fourth-order valence-electron chi connectivity index (χ4n) is 4.21. The number of hydrogen-bond donors (Lipinski definition) is 2. The van der Waals surface area contributed by atoms with Gasteiger partial charge in [-0.1, -0.05) is 18.2 Å². The lowest BCUT2D eigenvalue weighted by atomic mass is 9.98. The summed E-state index contributed by atoms with van der Waals surface area (Å²) in [4.78, 5) is 13.3. The van der Waals surface area contributed by atoms with E-state index < -0.39 is 0 Å². The SMILES string of the molecule is Cc1cc(C(NC(=O)c2cc(Cn3ccoc3=N)cc(C3CC3)c2)C2CC2)ccc1F. The molecular weight excluding hydrogens is 393 g/mol. The Balaban J connectivity index is 1.42. The molecule has 3 aromatic rings. The van der Waals surface area contributed by atoms with E-state index in [0.29, 0.717) is 29.5 Å². The van der Waals surface area contributed by atoms with E-state index >= 15 is 0 Å². The van der Waals surface area contributed by atoms with Crippen molar-refractivity contribution in [3.63, 3.8) is 0 Å². The Hall–Kier alpha value is -3.15. The monoisotopic (exact) mass is 419 g/mol. The highest BCUT2D eigenvalue weighted by molar-refractivity contribution is 5.95. The number of hydrogen-bond acceptors (Lipinski definition) is 3. The summed E-state index contributed by atoms with van der Waals surface area (Å²) < 4.78 is 20.5. The zero-order valence-corrected chi connectivity index (χ0v) is 17.5. The number of amides is 1. The van der Waals surface area contributed by atoms with Crippen molar-refractivity contribution in [2.45, 2.75) is 51.1 Å². The van der Waals surface area contributed by atoms with E-state index in [0.717, 1.165) is 36.8 Å². The van der Waals surface area contributed by atoms with Crippen molar-refractivity contribution in [3.8, 4) is 0 Å². The third-order valence-electron chi connectivity index (χ3n) is 6.28. The number of halogens is 1. The Morgan fingerprint density at radius 3 is 2.68 bits per heavy atom. The van der Waals surface area contributed by atoms with Gasteiger partial charge in [-0.3, -0.25) is 14.8 Å². The molecule has 2 aliphatic rings. The van der Waals surface area contributed by atoms with E-state index in [2.05, 4.69) is 11.4 Å². The van der Waals surface area contributed by atoms with Gasteiger partial charge in [0, 0.05) is 11.8 Å². The van der Waals surface area contributed by atoms with Gasteiger partial charge in [0.1, 0.15) is 12.1 Å². The van der Waals surface area contributed by atoms with Gasteiger partial charge in [-0.15, -0.1) is 0 Å². The van der Waals surface area contributed by atoms with E-state index in [4.69, 9.17) is 9.83 Å². The number of benzene rings is 2. The van der Waals surface area contributed by atoms with Gasteiger partial charge in [0.25, 0.3) is 11.6 Å². The minimum absolute atomic E-state index is 0.0864. The third kappa shape index (κ3) is 4.33. The number of aromatic nitrogens is 1. The molecule has 1 unspecified atom stereocenters. The number of nitrogens with zero attached hydrogens (tertiary/aromatic N) is 1. The van der Waals surface area contributed by atoms with Crippen LogP contribution in [0.3, 0.4) is 0 Å². The van der Waals surface area contributed by atoms with Crippen molar-refractivity contribution in [3.05, 3.63) is 88.2 Å². The molecule has 5 rings (SSSR count). The van der Waals surface area contributed by atoms with Crippen LogP contribution >= 0.6 is 0 Å². The normalized spacial score (nSPS) is 16.8. The Labute approximate surface area is 180 Å². The van der Waals surface area contributed by atoms with Crippen LogP contribution in [0, 0.1) is 24.1 Å². The second-order valence-electron chi connectivity index (χ2n) is 8.87. The van der Waals surface area contributed by atoms with Crippen LogP contribution in [0.4, 0.5) is 4.39 Å². The molecule has 2 saturated carbocycles. The maximum absolute atomic E-state index is 13.8. The summed E-state index contributed by atoms with van der Waals surface area (Å²) in [6, 6.07) is 11.0.